The molecule has 0 spiro atoms. The van der Waals surface area contributed by atoms with E-state index in [0.29, 0.717) is 19.4 Å². The molecule has 0 saturated carbocycles. The molecule has 0 bridgehead atoms. The van der Waals surface area contributed by atoms with Crippen LogP contribution in [-0.2, 0) is 4.79 Å². The van der Waals surface area contributed by atoms with Crippen molar-refractivity contribution in [1.29, 1.82) is 0 Å². The van der Waals surface area contributed by atoms with E-state index in [0.717, 1.165) is 0 Å². The van der Waals surface area contributed by atoms with E-state index in [1.54, 1.807) is 0 Å². The van der Waals surface area contributed by atoms with Crippen molar-refractivity contribution in [1.82, 2.24) is 5.32 Å². The van der Waals surface area contributed by atoms with Crippen LogP contribution in [0.4, 0.5) is 0 Å². The van der Waals surface area contributed by atoms with Gasteiger partial charge < -0.3 is 16.2 Å². The minimum Gasteiger partial charge on any atom is -0.394 e. The Kier molecular flexibility index (Phi) is 5.72. The summed E-state index contributed by atoms with van der Waals surface area (Å²) in [5, 5.41) is 11.9. The third-order valence-electron chi connectivity index (χ3n) is 2.60. The Balaban J connectivity index is 4.15. The second kappa shape index (κ2) is 5.98. The maximum Gasteiger partial charge on any atom is 0.223 e. The van der Waals surface area contributed by atoms with Crippen LogP contribution in [0.15, 0.2) is 0 Å². The summed E-state index contributed by atoms with van der Waals surface area (Å²) in [6.07, 6.45) is 1.39. The van der Waals surface area contributed by atoms with Gasteiger partial charge >= 0.3 is 0 Å². The fourth-order valence-electron chi connectivity index (χ4n) is 1.04. The van der Waals surface area contributed by atoms with E-state index in [4.69, 9.17) is 10.8 Å². The molecule has 84 valence electrons. The van der Waals surface area contributed by atoms with Crippen molar-refractivity contribution in [2.45, 2.75) is 39.2 Å². The van der Waals surface area contributed by atoms with E-state index in [9.17, 15) is 4.79 Å². The summed E-state index contributed by atoms with van der Waals surface area (Å²) >= 11 is 0. The second-order valence-corrected chi connectivity index (χ2v) is 4.04. The zero-order chi connectivity index (χ0) is 11.2. The lowest BCUT2D eigenvalue weighted by molar-refractivity contribution is -0.127. The number of hydrogen-bond acceptors (Lipinski definition) is 3. The zero-order valence-corrected chi connectivity index (χ0v) is 9.34. The Morgan fingerprint density at radius 1 is 1.64 bits per heavy atom. The zero-order valence-electron chi connectivity index (χ0n) is 9.34. The lowest BCUT2D eigenvalue weighted by Crippen LogP contribution is -2.50. The highest BCUT2D eigenvalue weighted by Crippen LogP contribution is 2.10. The predicted octanol–water partition coefficient (Wildman–Crippen LogP) is 0.249. The molecule has 0 heterocycles. The molecule has 0 fully saturated rings. The Bertz CT molecular complexity index is 179. The Morgan fingerprint density at radius 2 is 2.21 bits per heavy atom. The molecular formula is C10H22N2O2. The highest BCUT2D eigenvalue weighted by atomic mass is 16.3. The molecule has 1 amide bonds. The molecule has 4 heteroatoms. The van der Waals surface area contributed by atoms with E-state index < -0.39 is 5.54 Å². The van der Waals surface area contributed by atoms with Gasteiger partial charge in [-0.1, -0.05) is 13.8 Å². The molecule has 0 aromatic rings. The van der Waals surface area contributed by atoms with Crippen LogP contribution in [0, 0.1) is 5.92 Å². The molecule has 0 aliphatic rings. The first-order valence-electron chi connectivity index (χ1n) is 5.12. The summed E-state index contributed by atoms with van der Waals surface area (Å²) in [6.45, 7) is 6.08. The maximum absolute atomic E-state index is 11.6. The first-order chi connectivity index (χ1) is 6.49. The molecule has 0 aromatic carbocycles. The van der Waals surface area contributed by atoms with E-state index in [-0.39, 0.29) is 18.4 Å². The fourth-order valence-corrected chi connectivity index (χ4v) is 1.04. The third-order valence-corrected chi connectivity index (χ3v) is 2.60. The Hall–Kier alpha value is -0.610. The van der Waals surface area contributed by atoms with Crippen LogP contribution >= 0.6 is 0 Å². The fraction of sp³-hybridized carbons (Fsp3) is 0.900. The normalized spacial score (nSPS) is 17.2. The van der Waals surface area contributed by atoms with Gasteiger partial charge in [0.25, 0.3) is 0 Å². The van der Waals surface area contributed by atoms with E-state index in [1.807, 2.05) is 20.8 Å². The van der Waals surface area contributed by atoms with Gasteiger partial charge in [-0.2, -0.15) is 0 Å². The SMILES string of the molecule is CCC(C)(CO)NC(=O)C(C)CCN. The number of nitrogens with two attached hydrogens (primary N) is 1. The molecule has 0 aromatic heterocycles. The van der Waals surface area contributed by atoms with Crippen molar-refractivity contribution >= 4 is 5.91 Å². The van der Waals surface area contributed by atoms with E-state index in [1.165, 1.54) is 0 Å². The number of hydrogen-bond donors (Lipinski definition) is 3. The largest absolute Gasteiger partial charge is 0.394 e. The standard InChI is InChI=1S/C10H22N2O2/c1-4-10(3,7-13)12-9(14)8(2)5-6-11/h8,13H,4-7,11H2,1-3H3,(H,12,14). The van der Waals surface area contributed by atoms with Crippen molar-refractivity contribution < 1.29 is 9.90 Å². The van der Waals surface area contributed by atoms with Gasteiger partial charge in [-0.3, -0.25) is 4.79 Å². The Morgan fingerprint density at radius 3 is 2.57 bits per heavy atom. The molecule has 0 rings (SSSR count). The van der Waals surface area contributed by atoms with Crippen LogP contribution in [0.25, 0.3) is 0 Å². The quantitative estimate of drug-likeness (QED) is 0.578. The number of carbonyl (C=O) groups excluding carboxylic acids is 1. The van der Waals surface area contributed by atoms with Crippen molar-refractivity contribution in [3.05, 3.63) is 0 Å². The van der Waals surface area contributed by atoms with Crippen molar-refractivity contribution in [2.24, 2.45) is 11.7 Å². The van der Waals surface area contributed by atoms with Crippen LogP contribution in [0.2, 0.25) is 0 Å². The summed E-state index contributed by atoms with van der Waals surface area (Å²) in [6, 6.07) is 0. The van der Waals surface area contributed by atoms with E-state index in [2.05, 4.69) is 5.32 Å². The summed E-state index contributed by atoms with van der Waals surface area (Å²) in [4.78, 5) is 11.6. The second-order valence-electron chi connectivity index (χ2n) is 4.04. The molecular weight excluding hydrogens is 180 g/mol. The topological polar surface area (TPSA) is 75.3 Å². The number of amides is 1. The lowest BCUT2D eigenvalue weighted by Gasteiger charge is -2.28. The molecule has 0 aliphatic heterocycles. The van der Waals surface area contributed by atoms with E-state index >= 15 is 0 Å². The molecule has 2 atom stereocenters. The first kappa shape index (κ1) is 13.4. The molecule has 4 nitrogen and oxygen atoms in total. The average Bonchev–Trinajstić information content (AvgIpc) is 2.18. The van der Waals surface area contributed by atoms with Crippen LogP contribution in [0.5, 0.6) is 0 Å². The van der Waals surface area contributed by atoms with Crippen LogP contribution in [0.3, 0.4) is 0 Å². The number of nitrogens with one attached hydrogen (secondary N) is 1. The molecule has 4 N–H and O–H groups in total. The summed E-state index contributed by atoms with van der Waals surface area (Å²) in [5.74, 6) is -0.119. The molecule has 0 aliphatic carbocycles. The van der Waals surface area contributed by atoms with Gasteiger partial charge in [-0.25, -0.2) is 0 Å². The van der Waals surface area contributed by atoms with Crippen LogP contribution in [-0.4, -0.2) is 29.7 Å². The van der Waals surface area contributed by atoms with Gasteiger partial charge in [0.2, 0.25) is 5.91 Å². The molecule has 2 unspecified atom stereocenters. The highest BCUT2D eigenvalue weighted by Gasteiger charge is 2.25. The van der Waals surface area contributed by atoms with Crippen LogP contribution in [0.1, 0.15) is 33.6 Å². The third kappa shape index (κ3) is 4.07. The minimum atomic E-state index is -0.500. The molecule has 0 radical (unpaired) electrons. The molecule has 0 saturated heterocycles. The van der Waals surface area contributed by atoms with Crippen LogP contribution < -0.4 is 11.1 Å². The van der Waals surface area contributed by atoms with Gasteiger partial charge in [0, 0.05) is 5.92 Å². The number of rotatable bonds is 6. The van der Waals surface area contributed by atoms with Gasteiger partial charge in [0.15, 0.2) is 0 Å². The lowest BCUT2D eigenvalue weighted by atomic mass is 9.98. The summed E-state index contributed by atoms with van der Waals surface area (Å²) in [5.41, 5.74) is 4.87. The minimum absolute atomic E-state index is 0.0335. The maximum atomic E-state index is 11.6. The predicted molar refractivity (Wildman–Crippen MR) is 56.8 cm³/mol. The monoisotopic (exact) mass is 202 g/mol. The first-order valence-corrected chi connectivity index (χ1v) is 5.12. The van der Waals surface area contributed by atoms with Gasteiger partial charge in [0.1, 0.15) is 0 Å². The Labute approximate surface area is 85.9 Å². The summed E-state index contributed by atoms with van der Waals surface area (Å²) in [7, 11) is 0. The van der Waals surface area contributed by atoms with Crippen molar-refractivity contribution in [3.63, 3.8) is 0 Å². The number of carbonyl (C=O) groups is 1. The van der Waals surface area contributed by atoms with Gasteiger partial charge in [-0.15, -0.1) is 0 Å². The van der Waals surface area contributed by atoms with Gasteiger partial charge in [0.05, 0.1) is 12.1 Å². The van der Waals surface area contributed by atoms with Crippen molar-refractivity contribution in [2.75, 3.05) is 13.2 Å². The highest BCUT2D eigenvalue weighted by molar-refractivity contribution is 5.79. The number of aliphatic hydroxyl groups excluding tert-OH is 1. The number of aliphatic hydroxyl groups is 1. The van der Waals surface area contributed by atoms with Crippen molar-refractivity contribution in [3.8, 4) is 0 Å². The average molecular weight is 202 g/mol. The molecule has 14 heavy (non-hydrogen) atoms. The summed E-state index contributed by atoms with van der Waals surface area (Å²) < 4.78 is 0. The van der Waals surface area contributed by atoms with Gasteiger partial charge in [-0.05, 0) is 26.3 Å². The smallest absolute Gasteiger partial charge is 0.223 e.